The molecule has 1 N–H and O–H groups in total. The lowest BCUT2D eigenvalue weighted by atomic mass is 9.90. The lowest BCUT2D eigenvalue weighted by Crippen LogP contribution is -2.26. The number of alkyl halides is 3. The van der Waals surface area contributed by atoms with Crippen molar-refractivity contribution < 1.29 is 26.4 Å². The van der Waals surface area contributed by atoms with Crippen LogP contribution in [0.2, 0.25) is 0 Å². The van der Waals surface area contributed by atoms with E-state index in [0.717, 1.165) is 23.3 Å². The van der Waals surface area contributed by atoms with Crippen molar-refractivity contribution >= 4 is 27.6 Å². The summed E-state index contributed by atoms with van der Waals surface area (Å²) in [6.07, 6.45) is 0.359. The average molecular weight is 503 g/mol. The lowest BCUT2D eigenvalue weighted by Gasteiger charge is -2.25. The summed E-state index contributed by atoms with van der Waals surface area (Å²) in [5.41, 5.74) is 1.75. The van der Waals surface area contributed by atoms with E-state index in [1.54, 1.807) is 18.2 Å². The van der Waals surface area contributed by atoms with E-state index in [1.807, 2.05) is 0 Å². The van der Waals surface area contributed by atoms with Gasteiger partial charge in [-0.1, -0.05) is 12.1 Å². The quantitative estimate of drug-likeness (QED) is 0.555. The first kappa shape index (κ1) is 23.3. The molecule has 5 rings (SSSR count). The van der Waals surface area contributed by atoms with Gasteiger partial charge in [0.1, 0.15) is 0 Å². The fourth-order valence-electron chi connectivity index (χ4n) is 4.77. The van der Waals surface area contributed by atoms with Gasteiger partial charge in [-0.15, -0.1) is 0 Å². The van der Waals surface area contributed by atoms with E-state index in [9.17, 15) is 26.4 Å². The maximum Gasteiger partial charge on any atom is 0.416 e. The molecule has 1 aliphatic carbocycles. The fourth-order valence-corrected chi connectivity index (χ4v) is 5.77. The van der Waals surface area contributed by atoms with Crippen molar-refractivity contribution in [2.75, 3.05) is 16.2 Å². The van der Waals surface area contributed by atoms with Crippen LogP contribution in [0.3, 0.4) is 0 Å². The molecule has 1 atom stereocenters. The number of halogens is 3. The molecule has 1 fully saturated rings. The Morgan fingerprint density at radius 3 is 2.43 bits per heavy atom. The largest absolute Gasteiger partial charge is 0.416 e. The third kappa shape index (κ3) is 4.47. The minimum atomic E-state index is -4.53. The number of carbonyl (C=O) groups excluding carboxylic acids is 1. The van der Waals surface area contributed by atoms with Crippen LogP contribution in [0, 0.1) is 0 Å². The lowest BCUT2D eigenvalue weighted by molar-refractivity contribution is -0.137. The van der Waals surface area contributed by atoms with Crippen molar-refractivity contribution in [3.8, 4) is 0 Å². The Labute approximate surface area is 200 Å². The van der Waals surface area contributed by atoms with Gasteiger partial charge in [-0.3, -0.25) is 4.79 Å². The number of anilines is 2. The highest BCUT2D eigenvalue weighted by Crippen LogP contribution is 2.45. The summed E-state index contributed by atoms with van der Waals surface area (Å²) in [6.45, 7) is 0.372. The normalized spacial score (nSPS) is 18.1. The number of aryl methyl sites for hydroxylation is 1. The summed E-state index contributed by atoms with van der Waals surface area (Å²) in [5.74, 6) is -0.493. The summed E-state index contributed by atoms with van der Waals surface area (Å²) in [7, 11) is -3.92. The smallest absolute Gasteiger partial charge is 0.312 e. The second-order valence-corrected chi connectivity index (χ2v) is 10.2. The monoisotopic (exact) mass is 502 g/mol. The van der Waals surface area contributed by atoms with Gasteiger partial charge in [0.15, 0.2) is 0 Å². The second kappa shape index (κ2) is 8.63. The van der Waals surface area contributed by atoms with E-state index in [0.29, 0.717) is 37.8 Å². The van der Waals surface area contributed by atoms with Crippen molar-refractivity contribution in [1.29, 1.82) is 0 Å². The first-order valence-corrected chi connectivity index (χ1v) is 12.6. The first-order chi connectivity index (χ1) is 16.6. The summed E-state index contributed by atoms with van der Waals surface area (Å²) in [4.78, 5) is 21.7. The molecule has 2 aromatic carbocycles. The van der Waals surface area contributed by atoms with Crippen molar-refractivity contribution in [3.05, 3.63) is 77.1 Å². The SMILES string of the molecule is O=C1CCCN1c1cc(C(F)(F)F)ccc1C1CCc2cc(S(=O)(=O)Nc3ncccn3)ccc21. The zero-order chi connectivity index (χ0) is 24.8. The summed E-state index contributed by atoms with van der Waals surface area (Å²) >= 11 is 0. The zero-order valence-electron chi connectivity index (χ0n) is 18.4. The number of sulfonamides is 1. The van der Waals surface area contributed by atoms with Gasteiger partial charge in [0, 0.05) is 37.0 Å². The van der Waals surface area contributed by atoms with Crippen LogP contribution in [-0.4, -0.2) is 30.8 Å². The number of benzene rings is 2. The molecule has 0 spiro atoms. The first-order valence-electron chi connectivity index (χ1n) is 11.1. The maximum absolute atomic E-state index is 13.4. The molecular formula is C24H21F3N4O3S. The Balaban J connectivity index is 1.51. The second-order valence-electron chi connectivity index (χ2n) is 8.55. The van der Waals surface area contributed by atoms with Crippen LogP contribution in [0.5, 0.6) is 0 Å². The molecule has 2 heterocycles. The summed E-state index contributed by atoms with van der Waals surface area (Å²) < 4.78 is 68.3. The Morgan fingerprint density at radius 1 is 1.00 bits per heavy atom. The standard InChI is InChI=1S/C24H21F3N4O3S/c25-24(26,27)16-5-8-20(21(14-16)31-12-1-3-22(31)32)19-7-4-15-13-17(6-9-18(15)19)35(33,34)30-23-28-10-2-11-29-23/h2,5-6,8-11,13-14,19H,1,3-4,7,12H2,(H,28,29,30). The molecule has 7 nitrogen and oxygen atoms in total. The van der Waals surface area contributed by atoms with Crippen LogP contribution in [0.4, 0.5) is 24.8 Å². The van der Waals surface area contributed by atoms with Gasteiger partial charge in [0.2, 0.25) is 11.9 Å². The Morgan fingerprint density at radius 2 is 1.74 bits per heavy atom. The Kier molecular flexibility index (Phi) is 5.74. The molecular weight excluding hydrogens is 481 g/mol. The molecule has 1 saturated heterocycles. The molecule has 182 valence electrons. The van der Waals surface area contributed by atoms with Gasteiger partial charge >= 0.3 is 6.18 Å². The van der Waals surface area contributed by atoms with Gasteiger partial charge in [0.25, 0.3) is 10.0 Å². The highest BCUT2D eigenvalue weighted by Gasteiger charge is 2.36. The van der Waals surface area contributed by atoms with Crippen LogP contribution in [0.25, 0.3) is 0 Å². The van der Waals surface area contributed by atoms with Gasteiger partial charge in [-0.05, 0) is 66.3 Å². The number of amides is 1. The topological polar surface area (TPSA) is 92.3 Å². The number of rotatable bonds is 5. The predicted octanol–water partition coefficient (Wildman–Crippen LogP) is 4.50. The summed E-state index contributed by atoms with van der Waals surface area (Å²) in [6, 6.07) is 9.85. The van der Waals surface area contributed by atoms with Crippen LogP contribution >= 0.6 is 0 Å². The summed E-state index contributed by atoms with van der Waals surface area (Å²) in [5, 5.41) is 0. The Bertz CT molecular complexity index is 1390. The zero-order valence-corrected chi connectivity index (χ0v) is 19.2. The van der Waals surface area contributed by atoms with Crippen LogP contribution in [-0.2, 0) is 27.4 Å². The van der Waals surface area contributed by atoms with Gasteiger partial charge in [-0.25, -0.2) is 23.1 Å². The highest BCUT2D eigenvalue weighted by atomic mass is 32.2. The maximum atomic E-state index is 13.4. The van der Waals surface area contributed by atoms with E-state index in [1.165, 1.54) is 29.4 Å². The molecule has 1 unspecified atom stereocenters. The van der Waals surface area contributed by atoms with Gasteiger partial charge in [0.05, 0.1) is 10.5 Å². The van der Waals surface area contributed by atoms with E-state index < -0.39 is 21.8 Å². The Hall–Kier alpha value is -3.47. The molecule has 11 heteroatoms. The van der Waals surface area contributed by atoms with E-state index >= 15 is 0 Å². The third-order valence-electron chi connectivity index (χ3n) is 6.39. The van der Waals surface area contributed by atoms with Crippen LogP contribution in [0.15, 0.2) is 59.8 Å². The molecule has 3 aromatic rings. The molecule has 1 aromatic heterocycles. The van der Waals surface area contributed by atoms with E-state index in [4.69, 9.17) is 0 Å². The third-order valence-corrected chi connectivity index (χ3v) is 7.72. The number of hydrogen-bond acceptors (Lipinski definition) is 5. The minimum Gasteiger partial charge on any atom is -0.312 e. The van der Waals surface area contributed by atoms with Gasteiger partial charge in [-0.2, -0.15) is 13.2 Å². The number of fused-ring (bicyclic) bond motifs is 1. The van der Waals surface area contributed by atoms with E-state index in [-0.39, 0.29) is 28.4 Å². The van der Waals surface area contributed by atoms with Crippen molar-refractivity contribution in [2.24, 2.45) is 0 Å². The number of nitrogens with one attached hydrogen (secondary N) is 1. The highest BCUT2D eigenvalue weighted by molar-refractivity contribution is 7.92. The minimum absolute atomic E-state index is 0.0458. The van der Waals surface area contributed by atoms with Crippen molar-refractivity contribution in [1.82, 2.24) is 9.97 Å². The van der Waals surface area contributed by atoms with E-state index in [2.05, 4.69) is 14.7 Å². The van der Waals surface area contributed by atoms with Crippen molar-refractivity contribution in [2.45, 2.75) is 42.7 Å². The van der Waals surface area contributed by atoms with Crippen molar-refractivity contribution in [3.63, 3.8) is 0 Å². The van der Waals surface area contributed by atoms with Crippen LogP contribution < -0.4 is 9.62 Å². The molecule has 1 amide bonds. The predicted molar refractivity (Wildman–Crippen MR) is 122 cm³/mol. The van der Waals surface area contributed by atoms with Gasteiger partial charge < -0.3 is 4.90 Å². The number of hydrogen-bond donors (Lipinski definition) is 1. The fraction of sp³-hybridized carbons (Fsp3) is 0.292. The molecule has 0 radical (unpaired) electrons. The molecule has 2 aliphatic rings. The number of nitrogens with zero attached hydrogens (tertiary/aromatic N) is 3. The molecule has 0 bridgehead atoms. The van der Waals surface area contributed by atoms with Crippen LogP contribution in [0.1, 0.15) is 47.4 Å². The number of carbonyl (C=O) groups is 1. The molecule has 0 saturated carbocycles. The molecule has 1 aliphatic heterocycles. The average Bonchev–Trinajstić information content (AvgIpc) is 3.44. The molecule has 35 heavy (non-hydrogen) atoms. The number of aromatic nitrogens is 2.